The van der Waals surface area contributed by atoms with Crippen LogP contribution in [0.1, 0.15) is 0 Å². The van der Waals surface area contributed by atoms with Crippen LogP contribution in [0.5, 0.6) is 11.5 Å². The monoisotopic (exact) mass is 424 g/mol. The smallest absolute Gasteiger partial charge is 0.136 e. The third kappa shape index (κ3) is 2.12. The molecule has 0 saturated carbocycles. The molecule has 0 bridgehead atoms. The molecular formula is C26H17O2PS. The molecule has 0 radical (unpaired) electrons. The maximum absolute atomic E-state index is 6.69. The molecule has 1 aliphatic carbocycles. The molecule has 4 aromatic rings. The van der Waals surface area contributed by atoms with E-state index in [0.29, 0.717) is 0 Å². The summed E-state index contributed by atoms with van der Waals surface area (Å²) in [6, 6.07) is 23.5. The molecule has 144 valence electrons. The Hall–Kier alpha value is -2.87. The normalized spacial score (nSPS) is 25.5. The summed E-state index contributed by atoms with van der Waals surface area (Å²) >= 11 is 6.69. The van der Waals surface area contributed by atoms with Crippen LogP contribution in [0, 0.1) is 0 Å². The summed E-state index contributed by atoms with van der Waals surface area (Å²) in [5.74, 6) is 2.76. The number of rotatable bonds is 0. The average molecular weight is 424 g/mol. The summed E-state index contributed by atoms with van der Waals surface area (Å²) in [6.07, 6.45) is 6.14. The topological polar surface area (TPSA) is 18.5 Å². The van der Waals surface area contributed by atoms with Gasteiger partial charge in [-0.15, -0.1) is 0 Å². The van der Waals surface area contributed by atoms with Crippen molar-refractivity contribution in [3.05, 3.63) is 96.8 Å². The predicted molar refractivity (Wildman–Crippen MR) is 128 cm³/mol. The van der Waals surface area contributed by atoms with E-state index >= 15 is 0 Å². The highest BCUT2D eigenvalue weighted by molar-refractivity contribution is 8.22. The largest absolute Gasteiger partial charge is 0.484 e. The van der Waals surface area contributed by atoms with Crippen LogP contribution in [-0.2, 0) is 11.8 Å². The van der Waals surface area contributed by atoms with E-state index in [2.05, 4.69) is 84.9 Å². The molecular weight excluding hydrogens is 407 g/mol. The van der Waals surface area contributed by atoms with Gasteiger partial charge in [0.2, 0.25) is 0 Å². The van der Waals surface area contributed by atoms with E-state index in [-0.39, 0.29) is 11.8 Å². The van der Waals surface area contributed by atoms with Gasteiger partial charge >= 0.3 is 0 Å². The van der Waals surface area contributed by atoms with Crippen molar-refractivity contribution in [2.75, 3.05) is 0 Å². The summed E-state index contributed by atoms with van der Waals surface area (Å²) in [6.45, 7) is 0. The Morgan fingerprint density at radius 2 is 1.30 bits per heavy atom. The van der Waals surface area contributed by atoms with Crippen molar-refractivity contribution in [3.8, 4) is 11.5 Å². The van der Waals surface area contributed by atoms with E-state index in [1.54, 1.807) is 0 Å². The van der Waals surface area contributed by atoms with Crippen LogP contribution < -0.4 is 20.1 Å². The van der Waals surface area contributed by atoms with Crippen molar-refractivity contribution in [2.24, 2.45) is 0 Å². The van der Waals surface area contributed by atoms with E-state index < -0.39 is 6.04 Å². The van der Waals surface area contributed by atoms with Gasteiger partial charge in [-0.25, -0.2) is 0 Å². The fourth-order valence-corrected chi connectivity index (χ4v) is 10.0. The molecule has 0 N–H and O–H groups in total. The molecule has 30 heavy (non-hydrogen) atoms. The van der Waals surface area contributed by atoms with E-state index in [0.717, 1.165) is 17.3 Å². The van der Waals surface area contributed by atoms with Crippen molar-refractivity contribution in [3.63, 3.8) is 0 Å². The molecule has 0 spiro atoms. The van der Waals surface area contributed by atoms with Gasteiger partial charge in [-0.05, 0) is 58.0 Å². The Morgan fingerprint density at radius 1 is 0.733 bits per heavy atom. The Balaban J connectivity index is 1.61. The third-order valence-corrected chi connectivity index (χ3v) is 11.7. The first-order valence-electron chi connectivity index (χ1n) is 10.1. The second kappa shape index (κ2) is 5.85. The van der Waals surface area contributed by atoms with Gasteiger partial charge in [0.25, 0.3) is 0 Å². The van der Waals surface area contributed by atoms with Gasteiger partial charge in [0, 0.05) is 16.6 Å². The van der Waals surface area contributed by atoms with Crippen molar-refractivity contribution < 1.29 is 9.47 Å². The van der Waals surface area contributed by atoms with Crippen LogP contribution in [0.25, 0.3) is 21.5 Å². The van der Waals surface area contributed by atoms with E-state index in [1.807, 2.05) is 6.08 Å². The Bertz CT molecular complexity index is 1500. The SMILES string of the molecule is S=P12c3cc4ccccc4cc3OC3=CC=CC(Oc4cc5ccccc5cc41)C32. The molecule has 3 aliphatic rings. The van der Waals surface area contributed by atoms with Gasteiger partial charge < -0.3 is 9.47 Å². The van der Waals surface area contributed by atoms with Gasteiger partial charge in [-0.1, -0.05) is 66.4 Å². The molecule has 4 aromatic carbocycles. The highest BCUT2D eigenvalue weighted by atomic mass is 32.4. The number of allylic oxidation sites excluding steroid dienone is 2. The summed E-state index contributed by atoms with van der Waals surface area (Å²) in [7, 11) is 0. The maximum Gasteiger partial charge on any atom is 0.136 e. The molecule has 2 heterocycles. The zero-order chi connectivity index (χ0) is 19.9. The first-order valence-corrected chi connectivity index (χ1v) is 13.0. The first kappa shape index (κ1) is 16.9. The molecule has 0 saturated heterocycles. The van der Waals surface area contributed by atoms with E-state index in [1.165, 1.54) is 32.2 Å². The quantitative estimate of drug-likeness (QED) is 0.352. The van der Waals surface area contributed by atoms with Crippen molar-refractivity contribution in [1.29, 1.82) is 0 Å². The maximum atomic E-state index is 6.69. The van der Waals surface area contributed by atoms with E-state index in [4.69, 9.17) is 21.3 Å². The second-order valence-corrected chi connectivity index (χ2v) is 12.6. The lowest BCUT2D eigenvalue weighted by Gasteiger charge is -2.46. The van der Waals surface area contributed by atoms with Crippen LogP contribution in [-0.4, -0.2) is 11.8 Å². The predicted octanol–water partition coefficient (Wildman–Crippen LogP) is 5.40. The lowest BCUT2D eigenvalue weighted by atomic mass is 10.1. The Kier molecular flexibility index (Phi) is 3.29. The molecule has 3 unspecified atom stereocenters. The van der Waals surface area contributed by atoms with Crippen molar-refractivity contribution >= 4 is 50.0 Å². The van der Waals surface area contributed by atoms with Gasteiger partial charge in [0.15, 0.2) is 0 Å². The number of fused-ring (bicyclic) bond motifs is 6. The van der Waals surface area contributed by atoms with Crippen molar-refractivity contribution in [2.45, 2.75) is 11.8 Å². The highest BCUT2D eigenvalue weighted by Crippen LogP contribution is 2.63. The van der Waals surface area contributed by atoms with Gasteiger partial charge in [0.05, 0.1) is 5.66 Å². The summed E-state index contributed by atoms with van der Waals surface area (Å²) < 4.78 is 12.9. The molecule has 2 nitrogen and oxygen atoms in total. The second-order valence-electron chi connectivity index (χ2n) is 8.08. The summed E-state index contributed by atoms with van der Waals surface area (Å²) in [4.78, 5) is 0. The summed E-state index contributed by atoms with van der Waals surface area (Å²) in [5, 5.41) is 7.09. The van der Waals surface area contributed by atoms with Gasteiger partial charge in [-0.3, -0.25) is 0 Å². The third-order valence-electron chi connectivity index (χ3n) is 6.42. The minimum absolute atomic E-state index is 0.0415. The van der Waals surface area contributed by atoms with Gasteiger partial charge in [-0.2, -0.15) is 0 Å². The van der Waals surface area contributed by atoms with Crippen LogP contribution in [0.2, 0.25) is 0 Å². The standard InChI is InChI=1S/C26H17O2PS/c30-29-24-14-18-8-3-1-6-16(18)12-22(24)27-20-10-5-11-21(26(20)29)28-23-13-17-7-2-4-9-19(17)15-25(23)29/h1-15,20,26H. The lowest BCUT2D eigenvalue weighted by Crippen LogP contribution is -2.47. The minimum atomic E-state index is -2.22. The molecule has 0 amide bonds. The number of benzene rings is 4. The average Bonchev–Trinajstić information content (AvgIpc) is 2.77. The molecule has 4 heteroatoms. The highest BCUT2D eigenvalue weighted by Gasteiger charge is 2.51. The Morgan fingerprint density at radius 3 is 1.97 bits per heavy atom. The van der Waals surface area contributed by atoms with Crippen LogP contribution in [0.3, 0.4) is 0 Å². The lowest BCUT2D eigenvalue weighted by molar-refractivity contribution is 0.227. The fraction of sp³-hybridized carbons (Fsp3) is 0.0769. The number of ether oxygens (including phenoxy) is 2. The van der Waals surface area contributed by atoms with Crippen LogP contribution >= 0.6 is 6.04 Å². The zero-order valence-electron chi connectivity index (χ0n) is 16.0. The number of hydrogen-bond donors (Lipinski definition) is 0. The fourth-order valence-electron chi connectivity index (χ4n) is 5.02. The Labute approximate surface area is 179 Å². The molecule has 0 aromatic heterocycles. The van der Waals surface area contributed by atoms with Crippen molar-refractivity contribution in [1.82, 2.24) is 0 Å². The van der Waals surface area contributed by atoms with Crippen LogP contribution in [0.15, 0.2) is 96.8 Å². The first-order chi connectivity index (χ1) is 14.7. The molecule has 7 rings (SSSR count). The summed E-state index contributed by atoms with van der Waals surface area (Å²) in [5.41, 5.74) is 0.0415. The van der Waals surface area contributed by atoms with E-state index in [9.17, 15) is 0 Å². The van der Waals surface area contributed by atoms with Gasteiger partial charge in [0.1, 0.15) is 23.4 Å². The number of hydrogen-bond acceptors (Lipinski definition) is 3. The van der Waals surface area contributed by atoms with Crippen LogP contribution in [0.4, 0.5) is 0 Å². The molecule has 3 atom stereocenters. The molecule has 2 aliphatic heterocycles. The minimum Gasteiger partial charge on any atom is -0.484 e. The zero-order valence-corrected chi connectivity index (χ0v) is 17.7. The molecule has 0 fully saturated rings.